The minimum atomic E-state index is -0.273. The van der Waals surface area contributed by atoms with Gasteiger partial charge in [-0.2, -0.15) is 0 Å². The molecule has 9 heteroatoms. The van der Waals surface area contributed by atoms with Crippen LogP contribution in [0.2, 0.25) is 0 Å². The molecule has 2 aliphatic heterocycles. The van der Waals surface area contributed by atoms with Gasteiger partial charge in [-0.05, 0) is 38.0 Å². The van der Waals surface area contributed by atoms with Crippen LogP contribution in [0, 0.1) is 0 Å². The minimum Gasteiger partial charge on any atom is -0.493 e. The number of hydrogen-bond donors (Lipinski definition) is 1. The predicted molar refractivity (Wildman–Crippen MR) is 133 cm³/mol. The number of benzene rings is 2. The highest BCUT2D eigenvalue weighted by molar-refractivity contribution is 8.93. The first-order chi connectivity index (χ1) is 15.6. The fraction of sp³-hybridized carbons (Fsp3) is 0.417. The van der Waals surface area contributed by atoms with Crippen LogP contribution < -0.4 is 19.7 Å². The van der Waals surface area contributed by atoms with E-state index >= 15 is 0 Å². The van der Waals surface area contributed by atoms with Crippen LogP contribution in [0.5, 0.6) is 11.5 Å². The SMILES string of the molecule is Br.COc1cc2onc(C3CCN(C(C(C)=O)N4CNc5ccccc54)CC3)c2cc1OC. The second-order valence-corrected chi connectivity index (χ2v) is 8.39. The monoisotopic (exact) mass is 516 g/mol. The van der Waals surface area contributed by atoms with Crippen LogP contribution in [0.1, 0.15) is 31.4 Å². The van der Waals surface area contributed by atoms with E-state index in [1.54, 1.807) is 21.1 Å². The van der Waals surface area contributed by atoms with Crippen LogP contribution >= 0.6 is 17.0 Å². The van der Waals surface area contributed by atoms with Crippen LogP contribution in [0.4, 0.5) is 11.4 Å². The Kier molecular flexibility index (Phi) is 6.81. The van der Waals surface area contributed by atoms with E-state index in [1.165, 1.54) is 0 Å². The van der Waals surface area contributed by atoms with E-state index in [2.05, 4.69) is 32.4 Å². The number of methoxy groups -OCH3 is 2. The summed E-state index contributed by atoms with van der Waals surface area (Å²) in [5.74, 6) is 1.72. The Morgan fingerprint density at radius 2 is 1.85 bits per heavy atom. The summed E-state index contributed by atoms with van der Waals surface area (Å²) in [5.41, 5.74) is 3.81. The van der Waals surface area contributed by atoms with Crippen LogP contribution in [0.25, 0.3) is 11.0 Å². The Hall–Kier alpha value is -2.78. The Morgan fingerprint density at radius 1 is 1.15 bits per heavy atom. The summed E-state index contributed by atoms with van der Waals surface area (Å²) in [4.78, 5) is 17.1. The molecule has 2 aliphatic rings. The van der Waals surface area contributed by atoms with Crippen LogP contribution in [0.15, 0.2) is 40.9 Å². The number of likely N-dealkylation sites (tertiary alicyclic amines) is 1. The average molecular weight is 517 g/mol. The van der Waals surface area contributed by atoms with Crippen molar-refractivity contribution in [3.8, 4) is 11.5 Å². The number of anilines is 2. The third kappa shape index (κ3) is 4.15. The number of halogens is 1. The number of nitrogens with one attached hydrogen (secondary N) is 1. The average Bonchev–Trinajstić information content (AvgIpc) is 3.43. The lowest BCUT2D eigenvalue weighted by Crippen LogP contribution is -2.54. The number of piperidine rings is 1. The van der Waals surface area contributed by atoms with Crippen LogP contribution in [-0.4, -0.2) is 56.0 Å². The number of fused-ring (bicyclic) bond motifs is 2. The molecular weight excluding hydrogens is 488 g/mol. The maximum atomic E-state index is 12.7. The topological polar surface area (TPSA) is 80.1 Å². The van der Waals surface area contributed by atoms with E-state index in [0.717, 1.165) is 48.4 Å². The molecule has 1 saturated heterocycles. The quantitative estimate of drug-likeness (QED) is 0.516. The zero-order valence-electron chi connectivity index (χ0n) is 19.0. The molecular formula is C24H29BrN4O4. The van der Waals surface area contributed by atoms with Gasteiger partial charge in [0.2, 0.25) is 0 Å². The number of Topliss-reactive ketones (excluding diaryl/α,β-unsaturated/α-hetero) is 1. The molecule has 0 aliphatic carbocycles. The largest absolute Gasteiger partial charge is 0.493 e. The number of ketones is 1. The van der Waals surface area contributed by atoms with Crippen molar-refractivity contribution in [3.05, 3.63) is 42.1 Å². The minimum absolute atomic E-state index is 0. The maximum Gasteiger partial charge on any atom is 0.171 e. The van der Waals surface area contributed by atoms with Gasteiger partial charge in [-0.1, -0.05) is 17.3 Å². The maximum absolute atomic E-state index is 12.7. The third-order valence-electron chi connectivity index (χ3n) is 6.58. The van der Waals surface area contributed by atoms with Gasteiger partial charge in [-0.15, -0.1) is 17.0 Å². The molecule has 0 spiro atoms. The Labute approximate surface area is 203 Å². The van der Waals surface area contributed by atoms with Crippen molar-refractivity contribution in [1.29, 1.82) is 0 Å². The van der Waals surface area contributed by atoms with E-state index < -0.39 is 0 Å². The molecule has 1 aromatic heterocycles. The molecule has 33 heavy (non-hydrogen) atoms. The summed E-state index contributed by atoms with van der Waals surface area (Å²) < 4.78 is 16.4. The first-order valence-electron chi connectivity index (χ1n) is 11.0. The van der Waals surface area contributed by atoms with Gasteiger partial charge in [0.25, 0.3) is 0 Å². The summed E-state index contributed by atoms with van der Waals surface area (Å²) in [5, 5.41) is 8.75. The number of ether oxygens (including phenoxy) is 2. The molecule has 3 heterocycles. The fourth-order valence-corrected chi connectivity index (χ4v) is 5.02. The van der Waals surface area contributed by atoms with Gasteiger partial charge in [0.05, 0.1) is 38.0 Å². The van der Waals surface area contributed by atoms with Crippen molar-refractivity contribution < 1.29 is 18.8 Å². The molecule has 3 aromatic rings. The number of hydrogen-bond acceptors (Lipinski definition) is 8. The number of rotatable bonds is 6. The molecule has 5 rings (SSSR count). The number of carbonyl (C=O) groups is 1. The van der Waals surface area contributed by atoms with Gasteiger partial charge >= 0.3 is 0 Å². The lowest BCUT2D eigenvalue weighted by atomic mass is 9.91. The zero-order valence-corrected chi connectivity index (χ0v) is 20.8. The molecule has 8 nitrogen and oxygen atoms in total. The van der Waals surface area contributed by atoms with Crippen molar-refractivity contribution in [2.24, 2.45) is 0 Å². The summed E-state index contributed by atoms with van der Waals surface area (Å²) >= 11 is 0. The standard InChI is InChI=1S/C24H28N4O4.BrH/c1-15(29)24(28-14-25-18-6-4-5-7-19(18)28)27-10-8-16(9-11-27)23-17-12-21(30-2)22(31-3)13-20(17)32-26-23;/h4-7,12-13,16,24-25H,8-11,14H2,1-3H3;1H. The lowest BCUT2D eigenvalue weighted by Gasteiger charge is -2.40. The highest BCUT2D eigenvalue weighted by Crippen LogP contribution is 2.39. The van der Waals surface area contributed by atoms with E-state index in [1.807, 2.05) is 24.3 Å². The Bertz CT molecular complexity index is 1140. The van der Waals surface area contributed by atoms with Gasteiger partial charge in [-0.3, -0.25) is 9.69 Å². The highest BCUT2D eigenvalue weighted by atomic mass is 79.9. The smallest absolute Gasteiger partial charge is 0.171 e. The summed E-state index contributed by atoms with van der Waals surface area (Å²) in [7, 11) is 3.24. The van der Waals surface area contributed by atoms with Crippen LogP contribution in [0.3, 0.4) is 0 Å². The molecule has 1 atom stereocenters. The first kappa shape index (κ1) is 23.4. The van der Waals surface area contributed by atoms with E-state index in [4.69, 9.17) is 14.0 Å². The van der Waals surface area contributed by atoms with Crippen molar-refractivity contribution in [2.75, 3.05) is 44.2 Å². The third-order valence-corrected chi connectivity index (χ3v) is 6.58. The highest BCUT2D eigenvalue weighted by Gasteiger charge is 2.36. The molecule has 0 amide bonds. The molecule has 1 fully saturated rings. The van der Waals surface area contributed by atoms with Gasteiger partial charge in [0.1, 0.15) is 6.17 Å². The second-order valence-electron chi connectivity index (χ2n) is 8.39. The van der Waals surface area contributed by atoms with Crippen molar-refractivity contribution in [1.82, 2.24) is 10.1 Å². The van der Waals surface area contributed by atoms with Crippen LogP contribution in [-0.2, 0) is 4.79 Å². The second kappa shape index (κ2) is 9.61. The number of aromatic nitrogens is 1. The summed E-state index contributed by atoms with van der Waals surface area (Å²) in [6.07, 6.45) is 1.54. The van der Waals surface area contributed by atoms with Crippen molar-refractivity contribution >= 4 is 45.1 Å². The molecule has 0 saturated carbocycles. The number of carbonyl (C=O) groups excluding carboxylic acids is 1. The van der Waals surface area contributed by atoms with Crippen molar-refractivity contribution in [2.45, 2.75) is 31.8 Å². The summed E-state index contributed by atoms with van der Waals surface area (Å²) in [6, 6.07) is 11.9. The molecule has 1 N–H and O–H groups in total. The first-order valence-corrected chi connectivity index (χ1v) is 11.0. The van der Waals surface area contributed by atoms with E-state index in [-0.39, 0.29) is 34.8 Å². The van der Waals surface area contributed by atoms with Gasteiger partial charge in [-0.25, -0.2) is 0 Å². The Morgan fingerprint density at radius 3 is 2.55 bits per heavy atom. The molecule has 2 aromatic carbocycles. The number of nitrogens with zero attached hydrogens (tertiary/aromatic N) is 3. The predicted octanol–water partition coefficient (Wildman–Crippen LogP) is 4.41. The van der Waals surface area contributed by atoms with Crippen molar-refractivity contribution in [3.63, 3.8) is 0 Å². The fourth-order valence-electron chi connectivity index (χ4n) is 5.02. The number of para-hydroxylation sites is 2. The zero-order chi connectivity index (χ0) is 22.2. The molecule has 1 unspecified atom stereocenters. The molecule has 0 radical (unpaired) electrons. The normalized spacial score (nSPS) is 17.2. The lowest BCUT2D eigenvalue weighted by molar-refractivity contribution is -0.122. The molecule has 0 bridgehead atoms. The van der Waals surface area contributed by atoms with Gasteiger partial charge in [0.15, 0.2) is 22.9 Å². The summed E-state index contributed by atoms with van der Waals surface area (Å²) in [6.45, 7) is 3.95. The van der Waals surface area contributed by atoms with Gasteiger partial charge < -0.3 is 24.2 Å². The Balaban J connectivity index is 0.00000259. The van der Waals surface area contributed by atoms with E-state index in [9.17, 15) is 4.79 Å². The van der Waals surface area contributed by atoms with E-state index in [0.29, 0.717) is 23.8 Å². The van der Waals surface area contributed by atoms with Gasteiger partial charge in [0, 0.05) is 30.5 Å². The molecule has 176 valence electrons.